The van der Waals surface area contributed by atoms with Crippen molar-refractivity contribution in [3.05, 3.63) is 0 Å². The lowest BCUT2D eigenvalue weighted by atomic mass is 9.85. The van der Waals surface area contributed by atoms with Crippen LogP contribution in [0, 0.1) is 0 Å². The first kappa shape index (κ1) is 19.5. The molecule has 0 aromatic rings. The number of amides is 3. The monoisotopic (exact) mass is 355 g/mol. The number of rotatable bonds is 3. The van der Waals surface area contributed by atoms with Crippen LogP contribution in [-0.4, -0.2) is 69.2 Å². The molecule has 8 heteroatoms. The van der Waals surface area contributed by atoms with Gasteiger partial charge in [0.2, 0.25) is 11.8 Å². The summed E-state index contributed by atoms with van der Waals surface area (Å²) in [6.45, 7) is 7.48. The molecule has 0 aliphatic carbocycles. The van der Waals surface area contributed by atoms with Gasteiger partial charge in [-0.1, -0.05) is 0 Å². The summed E-state index contributed by atoms with van der Waals surface area (Å²) in [6.07, 6.45) is 0.943. The molecule has 142 valence electrons. The van der Waals surface area contributed by atoms with Crippen LogP contribution in [0.5, 0.6) is 0 Å². The number of carbonyl (C=O) groups excluding carboxylic acids is 3. The summed E-state index contributed by atoms with van der Waals surface area (Å²) in [4.78, 5) is 40.4. The summed E-state index contributed by atoms with van der Waals surface area (Å²) in [5, 5.41) is 9.88. The van der Waals surface area contributed by atoms with Gasteiger partial charge < -0.3 is 20.5 Å². The number of piperidine rings is 1. The molecule has 0 radical (unpaired) electrons. The van der Waals surface area contributed by atoms with Crippen molar-refractivity contribution in [1.82, 2.24) is 9.80 Å². The molecule has 3 atom stereocenters. The average Bonchev–Trinajstić information content (AvgIpc) is 2.76. The lowest BCUT2D eigenvalue weighted by molar-refractivity contribution is -0.147. The van der Waals surface area contributed by atoms with Gasteiger partial charge in [-0.05, 0) is 53.4 Å². The first-order valence-corrected chi connectivity index (χ1v) is 8.79. The minimum atomic E-state index is -1.09. The molecular formula is C17H29N3O5. The van der Waals surface area contributed by atoms with Crippen molar-refractivity contribution in [1.29, 1.82) is 0 Å². The molecule has 0 saturated carbocycles. The van der Waals surface area contributed by atoms with Crippen LogP contribution >= 0.6 is 0 Å². The van der Waals surface area contributed by atoms with Crippen molar-refractivity contribution in [3.8, 4) is 0 Å². The number of nitrogens with zero attached hydrogens (tertiary/aromatic N) is 2. The fourth-order valence-corrected chi connectivity index (χ4v) is 3.80. The normalized spacial score (nSPS) is 26.7. The predicted octanol–water partition coefficient (Wildman–Crippen LogP) is 0.613. The first-order valence-electron chi connectivity index (χ1n) is 8.79. The van der Waals surface area contributed by atoms with E-state index in [2.05, 4.69) is 0 Å². The molecule has 3 N–H and O–H groups in total. The Morgan fingerprint density at radius 3 is 2.40 bits per heavy atom. The Labute approximate surface area is 148 Å². The standard InChI is InChI=1S/C17H29N3O5/c1-11(21)12(13(18)22)19-10-8-17(14(19)23)7-5-6-9-20(17)15(24)25-16(2,3)4/h11-12,21H,5-10H2,1-4H3,(H2,18,22)/t11?,12?,17-/m1/s1. The van der Waals surface area contributed by atoms with Crippen molar-refractivity contribution in [2.45, 2.75) is 76.7 Å². The van der Waals surface area contributed by atoms with Gasteiger partial charge in [-0.3, -0.25) is 14.5 Å². The van der Waals surface area contributed by atoms with Crippen LogP contribution in [-0.2, 0) is 14.3 Å². The van der Waals surface area contributed by atoms with E-state index >= 15 is 0 Å². The molecule has 2 aliphatic rings. The summed E-state index contributed by atoms with van der Waals surface area (Å²) in [5.41, 5.74) is 3.71. The molecule has 8 nitrogen and oxygen atoms in total. The molecule has 2 unspecified atom stereocenters. The van der Waals surface area contributed by atoms with Crippen LogP contribution in [0.25, 0.3) is 0 Å². The maximum atomic E-state index is 13.2. The van der Waals surface area contributed by atoms with Crippen molar-refractivity contribution >= 4 is 17.9 Å². The molecule has 2 saturated heterocycles. The number of ether oxygens (including phenoxy) is 1. The fourth-order valence-electron chi connectivity index (χ4n) is 3.80. The molecule has 2 fully saturated rings. The maximum Gasteiger partial charge on any atom is 0.411 e. The Morgan fingerprint density at radius 1 is 1.24 bits per heavy atom. The number of hydrogen-bond donors (Lipinski definition) is 2. The minimum absolute atomic E-state index is 0.274. The summed E-state index contributed by atoms with van der Waals surface area (Å²) >= 11 is 0. The Bertz CT molecular complexity index is 557. The second-order valence-electron chi connectivity index (χ2n) is 7.96. The summed E-state index contributed by atoms with van der Waals surface area (Å²) < 4.78 is 5.48. The van der Waals surface area contributed by atoms with E-state index in [4.69, 9.17) is 10.5 Å². The summed E-state index contributed by atoms with van der Waals surface area (Å²) in [5.74, 6) is -1.08. The van der Waals surface area contributed by atoms with Gasteiger partial charge in [-0.25, -0.2) is 4.79 Å². The van der Waals surface area contributed by atoms with Gasteiger partial charge in [0.1, 0.15) is 17.2 Å². The number of carbonyl (C=O) groups is 3. The van der Waals surface area contributed by atoms with E-state index in [-0.39, 0.29) is 12.5 Å². The molecule has 0 bridgehead atoms. The smallest absolute Gasteiger partial charge is 0.411 e. The molecule has 0 aromatic heterocycles. The van der Waals surface area contributed by atoms with Crippen LogP contribution in [0.1, 0.15) is 53.4 Å². The molecule has 2 heterocycles. The third-order valence-electron chi connectivity index (χ3n) is 4.86. The van der Waals surface area contributed by atoms with Gasteiger partial charge >= 0.3 is 6.09 Å². The maximum absolute atomic E-state index is 13.2. The molecule has 3 amide bonds. The van der Waals surface area contributed by atoms with Crippen molar-refractivity contribution in [2.24, 2.45) is 5.73 Å². The summed E-state index contributed by atoms with van der Waals surface area (Å²) in [7, 11) is 0. The minimum Gasteiger partial charge on any atom is -0.444 e. The summed E-state index contributed by atoms with van der Waals surface area (Å²) in [6, 6.07) is -1.09. The van der Waals surface area contributed by atoms with E-state index in [9.17, 15) is 19.5 Å². The van der Waals surface area contributed by atoms with Gasteiger partial charge in [0.05, 0.1) is 6.10 Å². The van der Waals surface area contributed by atoms with Crippen LogP contribution in [0.3, 0.4) is 0 Å². The number of hydrogen-bond acceptors (Lipinski definition) is 5. The van der Waals surface area contributed by atoms with Gasteiger partial charge in [0, 0.05) is 13.1 Å². The topological polar surface area (TPSA) is 113 Å². The first-order chi connectivity index (χ1) is 11.5. The molecule has 2 aliphatic heterocycles. The van der Waals surface area contributed by atoms with Gasteiger partial charge in [-0.2, -0.15) is 0 Å². The van der Waals surface area contributed by atoms with Crippen molar-refractivity contribution < 1.29 is 24.2 Å². The number of primary amides is 1. The highest BCUT2D eigenvalue weighted by Crippen LogP contribution is 2.39. The lowest BCUT2D eigenvalue weighted by Gasteiger charge is -2.43. The van der Waals surface area contributed by atoms with E-state index in [0.717, 1.165) is 12.8 Å². The quantitative estimate of drug-likeness (QED) is 0.770. The molecule has 1 spiro atoms. The number of likely N-dealkylation sites (tertiary alicyclic amines) is 2. The van der Waals surface area contributed by atoms with Crippen molar-refractivity contribution in [2.75, 3.05) is 13.1 Å². The van der Waals surface area contributed by atoms with E-state index in [1.807, 2.05) is 0 Å². The highest BCUT2D eigenvalue weighted by Gasteiger charge is 2.56. The van der Waals surface area contributed by atoms with Crippen LogP contribution in [0.2, 0.25) is 0 Å². The average molecular weight is 355 g/mol. The largest absolute Gasteiger partial charge is 0.444 e. The second kappa shape index (κ2) is 6.82. The lowest BCUT2D eigenvalue weighted by Crippen LogP contribution is -2.62. The zero-order chi connectivity index (χ0) is 19.0. The molecular weight excluding hydrogens is 326 g/mol. The van der Waals surface area contributed by atoms with Crippen LogP contribution in [0.4, 0.5) is 4.79 Å². The van der Waals surface area contributed by atoms with Crippen LogP contribution in [0.15, 0.2) is 0 Å². The number of aliphatic hydroxyl groups is 1. The Hall–Kier alpha value is -1.83. The highest BCUT2D eigenvalue weighted by atomic mass is 16.6. The van der Waals surface area contributed by atoms with E-state index in [1.54, 1.807) is 20.8 Å². The third kappa shape index (κ3) is 3.73. The Kier molecular flexibility index (Phi) is 5.32. The molecule has 25 heavy (non-hydrogen) atoms. The van der Waals surface area contributed by atoms with Crippen LogP contribution < -0.4 is 5.73 Å². The highest BCUT2D eigenvalue weighted by molar-refractivity contribution is 5.95. The van der Waals surface area contributed by atoms with Gasteiger partial charge in [0.15, 0.2) is 0 Å². The van der Waals surface area contributed by atoms with E-state index in [0.29, 0.717) is 19.4 Å². The third-order valence-corrected chi connectivity index (χ3v) is 4.86. The van der Waals surface area contributed by atoms with Gasteiger partial charge in [-0.15, -0.1) is 0 Å². The Morgan fingerprint density at radius 2 is 1.88 bits per heavy atom. The fraction of sp³-hybridized carbons (Fsp3) is 0.824. The van der Waals surface area contributed by atoms with Crippen molar-refractivity contribution in [3.63, 3.8) is 0 Å². The Balaban J connectivity index is 2.30. The zero-order valence-electron chi connectivity index (χ0n) is 15.4. The van der Waals surface area contributed by atoms with E-state index < -0.39 is 35.3 Å². The second-order valence-corrected chi connectivity index (χ2v) is 7.96. The molecule has 0 aromatic carbocycles. The number of nitrogens with two attached hydrogens (primary N) is 1. The van der Waals surface area contributed by atoms with E-state index in [1.165, 1.54) is 16.7 Å². The van der Waals surface area contributed by atoms with Gasteiger partial charge in [0.25, 0.3) is 0 Å². The SMILES string of the molecule is CC(O)C(C(N)=O)N1CC[C@]2(CCCCN2C(=O)OC(C)(C)C)C1=O. The molecule has 2 rings (SSSR count). The number of aliphatic hydroxyl groups excluding tert-OH is 1. The predicted molar refractivity (Wildman–Crippen MR) is 90.5 cm³/mol. The zero-order valence-corrected chi connectivity index (χ0v) is 15.4.